The van der Waals surface area contributed by atoms with Crippen LogP contribution in [0, 0.1) is 6.92 Å². The molecule has 1 aromatic heterocycles. The van der Waals surface area contributed by atoms with Crippen molar-refractivity contribution in [1.29, 1.82) is 0 Å². The molecule has 0 saturated heterocycles. The minimum Gasteiger partial charge on any atom is -0.497 e. The molecule has 2 aromatic rings. The molecule has 1 N–H and O–H groups in total. The summed E-state index contributed by atoms with van der Waals surface area (Å²) >= 11 is 0. The smallest absolute Gasteiger partial charge is 0.309 e. The lowest BCUT2D eigenvalue weighted by Gasteiger charge is -2.08. The first-order chi connectivity index (χ1) is 10.0. The quantitative estimate of drug-likeness (QED) is 0.880. The fraction of sp³-hybridized carbons (Fsp3) is 0.333. The largest absolute Gasteiger partial charge is 0.497 e. The molecule has 0 radical (unpaired) electrons. The number of aromatic nitrogens is 2. The first-order valence-corrected chi connectivity index (χ1v) is 6.51. The minimum absolute atomic E-state index is 0.0845. The molecule has 0 amide bonds. The summed E-state index contributed by atoms with van der Waals surface area (Å²) in [6.45, 7) is 2.12. The number of ether oxygens (including phenoxy) is 2. The Morgan fingerprint density at radius 2 is 2.10 bits per heavy atom. The molecule has 0 unspecified atom stereocenters. The number of carboxylic acids is 1. The van der Waals surface area contributed by atoms with Crippen LogP contribution in [0.2, 0.25) is 0 Å². The zero-order chi connectivity index (χ0) is 15.4. The van der Waals surface area contributed by atoms with E-state index in [4.69, 9.17) is 14.6 Å². The lowest BCUT2D eigenvalue weighted by molar-refractivity contribution is -0.136. The second-order valence-electron chi connectivity index (χ2n) is 4.66. The van der Waals surface area contributed by atoms with Crippen LogP contribution in [0.4, 0.5) is 0 Å². The van der Waals surface area contributed by atoms with Gasteiger partial charge in [-0.05, 0) is 19.1 Å². The van der Waals surface area contributed by atoms with E-state index in [1.165, 1.54) is 0 Å². The fourth-order valence-corrected chi connectivity index (χ4v) is 1.98. The van der Waals surface area contributed by atoms with Crippen molar-refractivity contribution in [3.8, 4) is 11.5 Å². The standard InChI is InChI=1S/C15H18N2O4/c1-10-13(8-15(18)19)16-14(17(10)2)9-21-12-6-4-5-11(7-12)20-3/h4-7H,8-9H2,1-3H3,(H,18,19). The van der Waals surface area contributed by atoms with Gasteiger partial charge >= 0.3 is 5.97 Å². The molecule has 0 atom stereocenters. The van der Waals surface area contributed by atoms with Crippen LogP contribution in [-0.4, -0.2) is 27.7 Å². The van der Waals surface area contributed by atoms with Crippen LogP contribution < -0.4 is 9.47 Å². The molecule has 0 fully saturated rings. The van der Waals surface area contributed by atoms with Crippen LogP contribution in [-0.2, 0) is 24.9 Å². The maximum absolute atomic E-state index is 10.8. The van der Waals surface area contributed by atoms with Crippen LogP contribution in [0.3, 0.4) is 0 Å². The Balaban J connectivity index is 2.11. The lowest BCUT2D eigenvalue weighted by Crippen LogP contribution is -2.04. The first kappa shape index (κ1) is 14.9. The van der Waals surface area contributed by atoms with Gasteiger partial charge < -0.3 is 19.1 Å². The molecule has 0 bridgehead atoms. The summed E-state index contributed by atoms with van der Waals surface area (Å²) in [6.07, 6.45) is -0.0845. The highest BCUT2D eigenvalue weighted by atomic mass is 16.5. The van der Waals surface area contributed by atoms with Gasteiger partial charge in [0.2, 0.25) is 0 Å². The number of methoxy groups -OCH3 is 1. The molecule has 0 aliphatic carbocycles. The van der Waals surface area contributed by atoms with Crippen molar-refractivity contribution in [2.75, 3.05) is 7.11 Å². The van der Waals surface area contributed by atoms with Crippen molar-refractivity contribution in [2.24, 2.45) is 7.05 Å². The van der Waals surface area contributed by atoms with Gasteiger partial charge in [0.05, 0.1) is 19.2 Å². The third kappa shape index (κ3) is 3.53. The minimum atomic E-state index is -0.892. The van der Waals surface area contributed by atoms with Gasteiger partial charge in [-0.1, -0.05) is 6.07 Å². The van der Waals surface area contributed by atoms with E-state index in [-0.39, 0.29) is 13.0 Å². The Morgan fingerprint density at radius 1 is 1.38 bits per heavy atom. The van der Waals surface area contributed by atoms with E-state index in [1.807, 2.05) is 36.7 Å². The van der Waals surface area contributed by atoms with Crippen molar-refractivity contribution in [2.45, 2.75) is 20.0 Å². The van der Waals surface area contributed by atoms with Crippen LogP contribution in [0.15, 0.2) is 24.3 Å². The van der Waals surface area contributed by atoms with Crippen molar-refractivity contribution in [3.63, 3.8) is 0 Å². The third-order valence-corrected chi connectivity index (χ3v) is 3.30. The van der Waals surface area contributed by atoms with E-state index in [0.717, 1.165) is 11.4 Å². The molecule has 2 rings (SSSR count). The van der Waals surface area contributed by atoms with Crippen molar-refractivity contribution in [1.82, 2.24) is 9.55 Å². The number of rotatable bonds is 6. The van der Waals surface area contributed by atoms with E-state index >= 15 is 0 Å². The van der Waals surface area contributed by atoms with Gasteiger partial charge in [-0.25, -0.2) is 4.98 Å². The molecule has 0 aliphatic rings. The van der Waals surface area contributed by atoms with Crippen LogP contribution >= 0.6 is 0 Å². The average molecular weight is 290 g/mol. The fourth-order valence-electron chi connectivity index (χ4n) is 1.98. The second-order valence-corrected chi connectivity index (χ2v) is 4.66. The number of imidazole rings is 1. The highest BCUT2D eigenvalue weighted by Gasteiger charge is 2.14. The lowest BCUT2D eigenvalue weighted by atomic mass is 10.2. The number of hydrogen-bond acceptors (Lipinski definition) is 4. The van der Waals surface area contributed by atoms with E-state index in [0.29, 0.717) is 17.3 Å². The predicted octanol–water partition coefficient (Wildman–Crippen LogP) is 1.94. The molecular formula is C15H18N2O4. The summed E-state index contributed by atoms with van der Waals surface area (Å²) in [5, 5.41) is 8.86. The molecule has 6 nitrogen and oxygen atoms in total. The van der Waals surface area contributed by atoms with Crippen molar-refractivity contribution in [3.05, 3.63) is 41.5 Å². The van der Waals surface area contributed by atoms with Gasteiger partial charge in [0.1, 0.15) is 23.9 Å². The predicted molar refractivity (Wildman–Crippen MR) is 76.6 cm³/mol. The summed E-state index contributed by atoms with van der Waals surface area (Å²) in [4.78, 5) is 15.1. The number of nitrogens with zero attached hydrogens (tertiary/aromatic N) is 2. The van der Waals surface area contributed by atoms with Gasteiger partial charge in [-0.3, -0.25) is 4.79 Å². The zero-order valence-electron chi connectivity index (χ0n) is 12.3. The Morgan fingerprint density at radius 3 is 2.76 bits per heavy atom. The third-order valence-electron chi connectivity index (χ3n) is 3.30. The number of carbonyl (C=O) groups is 1. The molecule has 1 aromatic carbocycles. The summed E-state index contributed by atoms with van der Waals surface area (Å²) in [5.41, 5.74) is 1.40. The van der Waals surface area contributed by atoms with E-state index in [9.17, 15) is 4.79 Å². The first-order valence-electron chi connectivity index (χ1n) is 6.51. The van der Waals surface area contributed by atoms with Gasteiger partial charge in [-0.2, -0.15) is 0 Å². The average Bonchev–Trinajstić information content (AvgIpc) is 2.73. The maximum Gasteiger partial charge on any atom is 0.309 e. The van der Waals surface area contributed by atoms with Gasteiger partial charge in [0.25, 0.3) is 0 Å². The Kier molecular flexibility index (Phi) is 4.47. The van der Waals surface area contributed by atoms with Gasteiger partial charge in [0.15, 0.2) is 0 Å². The van der Waals surface area contributed by atoms with E-state index in [2.05, 4.69) is 4.98 Å². The topological polar surface area (TPSA) is 73.6 Å². The Hall–Kier alpha value is -2.50. The van der Waals surface area contributed by atoms with Gasteiger partial charge in [-0.15, -0.1) is 0 Å². The normalized spacial score (nSPS) is 10.4. The van der Waals surface area contributed by atoms with Crippen molar-refractivity contribution >= 4 is 5.97 Å². The second kappa shape index (κ2) is 6.30. The SMILES string of the molecule is COc1cccc(OCc2nc(CC(=O)O)c(C)n2C)c1. The van der Waals surface area contributed by atoms with Crippen molar-refractivity contribution < 1.29 is 19.4 Å². The molecule has 1 heterocycles. The number of aliphatic carboxylic acids is 1. The van der Waals surface area contributed by atoms with Crippen LogP contribution in [0.5, 0.6) is 11.5 Å². The highest BCUT2D eigenvalue weighted by Crippen LogP contribution is 2.20. The van der Waals surface area contributed by atoms with Crippen LogP contribution in [0.25, 0.3) is 0 Å². The molecule has 0 spiro atoms. The monoisotopic (exact) mass is 290 g/mol. The molecule has 0 aliphatic heterocycles. The summed E-state index contributed by atoms with van der Waals surface area (Å²) in [6, 6.07) is 7.29. The van der Waals surface area contributed by atoms with E-state index in [1.54, 1.807) is 13.2 Å². The summed E-state index contributed by atoms with van der Waals surface area (Å²) in [7, 11) is 3.44. The maximum atomic E-state index is 10.8. The molecule has 0 saturated carbocycles. The number of hydrogen-bond donors (Lipinski definition) is 1. The molecule has 112 valence electrons. The van der Waals surface area contributed by atoms with Gasteiger partial charge in [0, 0.05) is 18.8 Å². The number of benzene rings is 1. The Labute approximate surface area is 122 Å². The highest BCUT2D eigenvalue weighted by molar-refractivity contribution is 5.69. The molecular weight excluding hydrogens is 272 g/mol. The molecule has 6 heteroatoms. The van der Waals surface area contributed by atoms with E-state index < -0.39 is 5.97 Å². The zero-order valence-corrected chi connectivity index (χ0v) is 12.3. The summed E-state index contributed by atoms with van der Waals surface area (Å²) < 4.78 is 12.7. The summed E-state index contributed by atoms with van der Waals surface area (Å²) in [5.74, 6) is 1.19. The Bertz CT molecular complexity index is 649. The van der Waals surface area contributed by atoms with Crippen LogP contribution in [0.1, 0.15) is 17.2 Å². The molecule has 21 heavy (non-hydrogen) atoms. The number of carboxylic acid groups (broad SMARTS) is 1.